The Kier molecular flexibility index (Phi) is 7.70. The van der Waals surface area contributed by atoms with Gasteiger partial charge in [-0.1, -0.05) is 30.3 Å². The van der Waals surface area contributed by atoms with Gasteiger partial charge in [-0.15, -0.1) is 0 Å². The van der Waals surface area contributed by atoms with E-state index < -0.39 is 36.1 Å². The summed E-state index contributed by atoms with van der Waals surface area (Å²) in [6, 6.07) is 15.5. The Balaban J connectivity index is 0.966. The van der Waals surface area contributed by atoms with E-state index in [1.165, 1.54) is 32.4 Å². The molecule has 5 N–H and O–H groups in total. The number of carbonyl (C=O) groups excluding carboxylic acids is 1. The highest BCUT2D eigenvalue weighted by Gasteiger charge is 2.45. The summed E-state index contributed by atoms with van der Waals surface area (Å²) in [5, 5.41) is 15.3. The predicted molar refractivity (Wildman–Crippen MR) is 190 cm³/mol. The smallest absolute Gasteiger partial charge is 0.405 e. The number of carbonyl (C=O) groups is 2. The van der Waals surface area contributed by atoms with E-state index in [9.17, 15) is 14.7 Å². The van der Waals surface area contributed by atoms with Gasteiger partial charge in [0.15, 0.2) is 0 Å². The average molecular weight is 708 g/mol. The lowest BCUT2D eigenvalue weighted by molar-refractivity contribution is -0.137. The maximum absolute atomic E-state index is 16.3. The number of imidazole rings is 2. The van der Waals surface area contributed by atoms with Crippen molar-refractivity contribution in [2.45, 2.75) is 75.2 Å². The van der Waals surface area contributed by atoms with E-state index in [-0.39, 0.29) is 17.2 Å². The van der Waals surface area contributed by atoms with Crippen molar-refractivity contribution in [2.24, 2.45) is 5.92 Å². The van der Waals surface area contributed by atoms with Gasteiger partial charge in [-0.25, -0.2) is 14.8 Å². The van der Waals surface area contributed by atoms with Crippen LogP contribution in [0.3, 0.4) is 0 Å². The van der Waals surface area contributed by atoms with Crippen LogP contribution in [0.2, 0.25) is 0 Å². The fourth-order valence-corrected chi connectivity index (χ4v) is 8.88. The molecule has 2 amide bonds. The summed E-state index contributed by atoms with van der Waals surface area (Å²) >= 11 is 0. The topological polar surface area (TPSA) is 148 Å². The van der Waals surface area contributed by atoms with E-state index in [1.54, 1.807) is 42.3 Å². The molecule has 6 atom stereocenters. The lowest BCUT2D eigenvalue weighted by Gasteiger charge is -2.30. The van der Waals surface area contributed by atoms with Gasteiger partial charge >= 0.3 is 6.09 Å². The number of H-pyrrole nitrogens is 2. The zero-order chi connectivity index (χ0) is 35.9. The summed E-state index contributed by atoms with van der Waals surface area (Å²) < 4.78 is 37.9. The molecule has 4 heterocycles. The number of piperidine rings is 1. The van der Waals surface area contributed by atoms with Gasteiger partial charge in [0, 0.05) is 36.4 Å². The number of aromatic amines is 2. The highest BCUT2D eigenvalue weighted by Crippen LogP contribution is 2.53. The first-order valence-corrected chi connectivity index (χ1v) is 17.9. The monoisotopic (exact) mass is 707 g/mol. The number of alkyl halides is 2. The molecular formula is C39H39F2N7O4. The summed E-state index contributed by atoms with van der Waals surface area (Å²) in [4.78, 5) is 42.7. The molecule has 13 heteroatoms. The van der Waals surface area contributed by atoms with Crippen molar-refractivity contribution in [1.29, 1.82) is 0 Å². The van der Waals surface area contributed by atoms with Crippen LogP contribution in [0.4, 0.5) is 13.6 Å². The van der Waals surface area contributed by atoms with Crippen LogP contribution >= 0.6 is 0 Å². The molecule has 11 nitrogen and oxygen atoms in total. The van der Waals surface area contributed by atoms with Crippen LogP contribution < -0.4 is 10.6 Å². The Bertz CT molecular complexity index is 2230. The number of aromatic nitrogens is 4. The van der Waals surface area contributed by atoms with Gasteiger partial charge in [-0.2, -0.15) is 8.78 Å². The summed E-state index contributed by atoms with van der Waals surface area (Å²) in [5.41, 5.74) is 5.27. The van der Waals surface area contributed by atoms with Gasteiger partial charge < -0.3 is 35.3 Å². The van der Waals surface area contributed by atoms with Crippen molar-refractivity contribution >= 4 is 23.0 Å². The summed E-state index contributed by atoms with van der Waals surface area (Å²) in [7, 11) is 1.42. The standard InChI is InChI=1S/C39H39F2N7O4/c1-19(52-2)33(47-38(50)51)37(49)48-13-3-4-32(48)35-42-18-31(46-35)22-7-11-26-25-10-6-20(15-27(25)39(40,41)28(26)16-22)21-8-12-29-30(17-21)45-36(44-29)34-23-5-9-24(14-23)43-34/h6-8,10-12,15-19,23-24,32-34,43,47H,3-5,9,13-14H2,1-2H3,(H,42,46)(H,44,45)(H,50,51)/t19-,23-,24-,32+,33+,34+/m1/s1. The largest absolute Gasteiger partial charge is 0.465 e. The fourth-order valence-electron chi connectivity index (χ4n) is 8.88. The lowest BCUT2D eigenvalue weighted by Crippen LogP contribution is -2.53. The molecule has 52 heavy (non-hydrogen) atoms. The third-order valence-corrected chi connectivity index (χ3v) is 11.6. The molecule has 268 valence electrons. The molecule has 3 aromatic carbocycles. The van der Waals surface area contributed by atoms with Crippen LogP contribution in [0.1, 0.15) is 73.9 Å². The maximum Gasteiger partial charge on any atom is 0.405 e. The quantitative estimate of drug-likeness (QED) is 0.118. The van der Waals surface area contributed by atoms with Crippen LogP contribution in [-0.2, 0) is 15.5 Å². The highest BCUT2D eigenvalue weighted by atomic mass is 19.3. The third kappa shape index (κ3) is 5.28. The van der Waals surface area contributed by atoms with Crippen LogP contribution in [0.15, 0.2) is 60.8 Å². The molecule has 2 aliphatic heterocycles. The van der Waals surface area contributed by atoms with Crippen LogP contribution in [0.5, 0.6) is 0 Å². The molecule has 2 aromatic heterocycles. The van der Waals surface area contributed by atoms with Crippen LogP contribution in [0, 0.1) is 5.92 Å². The Labute approximate surface area is 298 Å². The maximum atomic E-state index is 16.3. The van der Waals surface area contributed by atoms with Crippen molar-refractivity contribution in [3.05, 3.63) is 83.6 Å². The third-order valence-electron chi connectivity index (χ3n) is 11.6. The van der Waals surface area contributed by atoms with E-state index >= 15 is 8.78 Å². The number of carboxylic acid groups (broad SMARTS) is 1. The first-order chi connectivity index (χ1) is 25.1. The number of amides is 2. The number of nitrogens with one attached hydrogen (secondary N) is 4. The van der Waals surface area contributed by atoms with Gasteiger partial charge in [0.1, 0.15) is 17.7 Å². The minimum absolute atomic E-state index is 0.0334. The average Bonchev–Trinajstić information content (AvgIpc) is 4.01. The zero-order valence-corrected chi connectivity index (χ0v) is 28.7. The molecule has 0 unspecified atom stereocenters. The fraction of sp³-hybridized carbons (Fsp3) is 0.385. The van der Waals surface area contributed by atoms with Gasteiger partial charge in [0.2, 0.25) is 5.91 Å². The molecule has 9 rings (SSSR count). The molecule has 3 fully saturated rings. The lowest BCUT2D eigenvalue weighted by atomic mass is 9.98. The molecular weight excluding hydrogens is 668 g/mol. The van der Waals surface area contributed by atoms with Crippen molar-refractivity contribution < 1.29 is 28.2 Å². The number of halogens is 2. The van der Waals surface area contributed by atoms with Gasteiger partial charge in [-0.3, -0.25) is 4.79 Å². The number of ether oxygens (including phenoxy) is 1. The van der Waals surface area contributed by atoms with E-state index in [0.29, 0.717) is 65.1 Å². The summed E-state index contributed by atoms with van der Waals surface area (Å²) in [5.74, 6) is -1.58. The van der Waals surface area contributed by atoms with Gasteiger partial charge in [-0.05, 0) is 91.5 Å². The normalized spacial score (nSPS) is 23.9. The van der Waals surface area contributed by atoms with Crippen LogP contribution in [-0.4, -0.2) is 73.8 Å². The van der Waals surface area contributed by atoms with E-state index in [1.807, 2.05) is 24.3 Å². The Morgan fingerprint density at radius 3 is 2.42 bits per heavy atom. The van der Waals surface area contributed by atoms with Gasteiger partial charge in [0.25, 0.3) is 5.92 Å². The summed E-state index contributed by atoms with van der Waals surface area (Å²) in [6.45, 7) is 2.05. The van der Waals surface area contributed by atoms with Crippen molar-refractivity contribution in [2.75, 3.05) is 13.7 Å². The minimum atomic E-state index is -3.23. The number of hydrogen-bond acceptors (Lipinski definition) is 6. The number of hydrogen-bond donors (Lipinski definition) is 5. The number of fused-ring (bicyclic) bond motifs is 6. The molecule has 2 saturated heterocycles. The minimum Gasteiger partial charge on any atom is -0.465 e. The number of nitrogens with zero attached hydrogens (tertiary/aromatic N) is 3. The molecule has 4 aliphatic rings. The molecule has 0 spiro atoms. The van der Waals surface area contributed by atoms with E-state index in [2.05, 4.69) is 25.6 Å². The number of methoxy groups -OCH3 is 1. The Morgan fingerprint density at radius 2 is 1.71 bits per heavy atom. The Hall–Kier alpha value is -5.14. The zero-order valence-electron chi connectivity index (χ0n) is 28.7. The molecule has 1 saturated carbocycles. The molecule has 5 aromatic rings. The number of benzene rings is 3. The molecule has 2 bridgehead atoms. The van der Waals surface area contributed by atoms with Gasteiger partial charge in [0.05, 0.1) is 41.1 Å². The van der Waals surface area contributed by atoms with Crippen molar-refractivity contribution in [1.82, 2.24) is 35.5 Å². The number of likely N-dealkylation sites (tertiary alicyclic amines) is 1. The molecule has 2 aliphatic carbocycles. The second-order valence-electron chi connectivity index (χ2n) is 14.6. The van der Waals surface area contributed by atoms with Crippen molar-refractivity contribution in [3.63, 3.8) is 0 Å². The van der Waals surface area contributed by atoms with Crippen LogP contribution in [0.25, 0.3) is 44.5 Å². The first kappa shape index (κ1) is 32.7. The van der Waals surface area contributed by atoms with E-state index in [4.69, 9.17) is 9.72 Å². The predicted octanol–water partition coefficient (Wildman–Crippen LogP) is 6.89. The second kappa shape index (κ2) is 12.2. The van der Waals surface area contributed by atoms with Crippen molar-refractivity contribution in [3.8, 4) is 33.5 Å². The second-order valence-corrected chi connectivity index (χ2v) is 14.6. The van der Waals surface area contributed by atoms with E-state index in [0.717, 1.165) is 22.4 Å². The highest BCUT2D eigenvalue weighted by molar-refractivity contribution is 5.88. The number of rotatable bonds is 8. The SMILES string of the molecule is CO[C@H](C)[C@H](NC(=O)O)C(=O)N1CCC[C@H]1c1ncc(-c2ccc3c(c2)C(F)(F)c2cc(-c4ccc5nc([C@H]6N[C@@H]7CC[C@@H]6C7)[nH]c5c4)ccc2-3)[nH]1. The summed E-state index contributed by atoms with van der Waals surface area (Å²) in [6.07, 6.45) is 4.53. The first-order valence-electron chi connectivity index (χ1n) is 17.9. The molecule has 0 radical (unpaired) electrons. The Morgan fingerprint density at radius 1 is 0.981 bits per heavy atom.